The number of hydrogen-bond donors (Lipinski definition) is 1. The van der Waals surface area contributed by atoms with Gasteiger partial charge in [0.05, 0.1) is 17.4 Å². The number of fused-ring (bicyclic) bond motifs is 1. The monoisotopic (exact) mass is 558 g/mol. The van der Waals surface area contributed by atoms with Crippen LogP contribution in [-0.4, -0.2) is 40.6 Å². The van der Waals surface area contributed by atoms with Crippen LogP contribution in [0, 0.1) is 0 Å². The number of H-pyrrole nitrogens is 1. The average Bonchev–Trinajstić information content (AvgIpc) is 2.91. The first-order valence-corrected chi connectivity index (χ1v) is 9.44. The highest BCUT2D eigenvalue weighted by molar-refractivity contribution is 14.2. The highest BCUT2D eigenvalue weighted by atomic mass is 127. The molecule has 122 valence electrons. The molecule has 0 aliphatic heterocycles. The number of allylic oxidation sites excluding steroid dienone is 2. The molecule has 0 aliphatic carbocycles. The van der Waals surface area contributed by atoms with Gasteiger partial charge in [-0.2, -0.15) is 0 Å². The minimum absolute atomic E-state index is 0.0778. The van der Waals surface area contributed by atoms with Crippen molar-refractivity contribution in [2.75, 3.05) is 0 Å². The summed E-state index contributed by atoms with van der Waals surface area (Å²) in [7, 11) is 0. The molecule has 0 saturated heterocycles. The van der Waals surface area contributed by atoms with Gasteiger partial charge in [-0.15, -0.1) is 0 Å². The second-order valence-corrected chi connectivity index (χ2v) is 10.7. The molecule has 2 heterocycles. The van der Waals surface area contributed by atoms with Crippen LogP contribution in [0.25, 0.3) is 11.3 Å². The van der Waals surface area contributed by atoms with Crippen molar-refractivity contribution in [3.63, 3.8) is 0 Å². The maximum absolute atomic E-state index is 14.4. The Bertz CT molecular complexity index is 765. The van der Waals surface area contributed by atoms with Crippen molar-refractivity contribution in [3.05, 3.63) is 23.1 Å². The van der Waals surface area contributed by atoms with Crippen LogP contribution in [-0.2, 0) is 0 Å². The van der Waals surface area contributed by atoms with Crippen molar-refractivity contribution in [2.24, 2.45) is 9.98 Å². The molecule has 6 nitrogen and oxygen atoms in total. The SMILES string of the molecule is C=N/C(=C(\C=N/C(C)C)Sc1cnc2[nH]cnc2n1)C(F)(I)I. The van der Waals surface area contributed by atoms with E-state index in [-0.39, 0.29) is 11.7 Å². The molecular weight excluding hydrogens is 545 g/mol. The number of rotatable bonds is 6. The Morgan fingerprint density at radius 3 is 2.83 bits per heavy atom. The largest absolute Gasteiger partial charge is 0.328 e. The van der Waals surface area contributed by atoms with Crippen LogP contribution >= 0.6 is 56.9 Å². The van der Waals surface area contributed by atoms with E-state index in [1.54, 1.807) is 57.6 Å². The number of thioether (sulfide) groups is 1. The Balaban J connectivity index is 2.44. The summed E-state index contributed by atoms with van der Waals surface area (Å²) in [4.78, 5) is 24.2. The predicted molar refractivity (Wildman–Crippen MR) is 110 cm³/mol. The Morgan fingerprint density at radius 2 is 2.22 bits per heavy atom. The number of hydrogen-bond acceptors (Lipinski definition) is 6. The standard InChI is InChI=1S/C13H13FI2N6S/c1-7(2)18-4-8(10(17-3)13(14,15)16)23-9-5-19-11-12(22-9)21-6-20-11/h4-7H,3H2,1-2H3,(H,19,20,21,22)/b10-8+,18-4-. The fourth-order valence-electron chi connectivity index (χ4n) is 1.53. The molecule has 0 unspecified atom stereocenters. The van der Waals surface area contributed by atoms with Crippen molar-refractivity contribution < 1.29 is 4.39 Å². The molecule has 0 radical (unpaired) electrons. The molecule has 2 aromatic heterocycles. The van der Waals surface area contributed by atoms with Crippen LogP contribution in [0.4, 0.5) is 4.39 Å². The van der Waals surface area contributed by atoms with Crippen LogP contribution in [0.1, 0.15) is 13.8 Å². The lowest BCUT2D eigenvalue weighted by molar-refractivity contribution is 0.500. The summed E-state index contributed by atoms with van der Waals surface area (Å²) >= 11 is 4.56. The number of aromatic amines is 1. The molecule has 0 amide bonds. The Hall–Kier alpha value is -0.630. The number of aliphatic imine (C=N–C) groups is 2. The van der Waals surface area contributed by atoms with Gasteiger partial charge in [0.15, 0.2) is 11.3 Å². The third-order valence-corrected chi connectivity index (χ3v) is 4.43. The summed E-state index contributed by atoms with van der Waals surface area (Å²) in [6.07, 6.45) is 4.71. The van der Waals surface area contributed by atoms with Gasteiger partial charge < -0.3 is 4.98 Å². The molecule has 0 bridgehead atoms. The van der Waals surface area contributed by atoms with Crippen molar-refractivity contribution >= 4 is 81.2 Å². The van der Waals surface area contributed by atoms with Crippen LogP contribution in [0.2, 0.25) is 0 Å². The highest BCUT2D eigenvalue weighted by Gasteiger charge is 2.29. The van der Waals surface area contributed by atoms with Crippen molar-refractivity contribution in [2.45, 2.75) is 26.6 Å². The summed E-state index contributed by atoms with van der Waals surface area (Å²) in [5.74, 6) is 0. The van der Waals surface area contributed by atoms with Crippen molar-refractivity contribution in [1.29, 1.82) is 0 Å². The molecule has 1 N–H and O–H groups in total. The minimum Gasteiger partial charge on any atom is -0.328 e. The zero-order chi connectivity index (χ0) is 17.0. The lowest BCUT2D eigenvalue weighted by Gasteiger charge is -2.14. The zero-order valence-electron chi connectivity index (χ0n) is 12.3. The third-order valence-electron chi connectivity index (χ3n) is 2.48. The van der Waals surface area contributed by atoms with Crippen LogP contribution in [0.5, 0.6) is 0 Å². The molecule has 0 aliphatic rings. The fraction of sp³-hybridized carbons (Fsp3) is 0.308. The number of alkyl halides is 3. The normalized spacial score (nSPS) is 13.8. The summed E-state index contributed by atoms with van der Waals surface area (Å²) < 4.78 is 12.7. The zero-order valence-corrected chi connectivity index (χ0v) is 17.4. The van der Waals surface area contributed by atoms with Crippen LogP contribution in [0.3, 0.4) is 0 Å². The van der Waals surface area contributed by atoms with E-state index < -0.39 is 1.68 Å². The first kappa shape index (κ1) is 18.7. The van der Waals surface area contributed by atoms with E-state index in [9.17, 15) is 4.39 Å². The Morgan fingerprint density at radius 1 is 1.48 bits per heavy atom. The van der Waals surface area contributed by atoms with Gasteiger partial charge in [-0.1, -0.05) is 11.8 Å². The van der Waals surface area contributed by atoms with E-state index in [2.05, 4.69) is 36.6 Å². The number of imidazole rings is 1. The summed E-state index contributed by atoms with van der Waals surface area (Å²) in [5, 5.41) is 0.577. The third kappa shape index (κ3) is 5.17. The van der Waals surface area contributed by atoms with Crippen molar-refractivity contribution in [3.8, 4) is 0 Å². The van der Waals surface area contributed by atoms with Gasteiger partial charge in [0.2, 0.25) is 0 Å². The molecule has 23 heavy (non-hydrogen) atoms. The summed E-state index contributed by atoms with van der Waals surface area (Å²) in [5.41, 5.74) is 1.29. The molecule has 0 atom stereocenters. The van der Waals surface area contributed by atoms with Crippen molar-refractivity contribution in [1.82, 2.24) is 19.9 Å². The quantitative estimate of drug-likeness (QED) is 0.248. The molecular formula is C13H13FI2N6S. The van der Waals surface area contributed by atoms with Gasteiger partial charge in [0.1, 0.15) is 10.7 Å². The second-order valence-electron chi connectivity index (χ2n) is 4.63. The molecule has 0 saturated carbocycles. The van der Waals surface area contributed by atoms with E-state index in [0.29, 0.717) is 21.2 Å². The number of nitrogens with zero attached hydrogens (tertiary/aromatic N) is 5. The predicted octanol–water partition coefficient (Wildman–Crippen LogP) is 4.33. The highest BCUT2D eigenvalue weighted by Crippen LogP contribution is 2.42. The van der Waals surface area contributed by atoms with Gasteiger partial charge >= 0.3 is 0 Å². The molecule has 0 spiro atoms. The maximum Gasteiger partial charge on any atom is 0.253 e. The van der Waals surface area contributed by atoms with E-state index >= 15 is 0 Å². The van der Waals surface area contributed by atoms with E-state index in [1.165, 1.54) is 18.1 Å². The lowest BCUT2D eigenvalue weighted by Crippen LogP contribution is -2.08. The summed E-state index contributed by atoms with van der Waals surface area (Å²) in [6, 6.07) is 0.0778. The second kappa shape index (κ2) is 7.96. The average molecular weight is 558 g/mol. The van der Waals surface area contributed by atoms with Gasteiger partial charge in [-0.25, -0.2) is 19.3 Å². The fourth-order valence-corrected chi connectivity index (χ4v) is 3.70. The maximum atomic E-state index is 14.4. The van der Waals surface area contributed by atoms with Gasteiger partial charge in [0, 0.05) is 12.3 Å². The Labute approximate surface area is 164 Å². The smallest absolute Gasteiger partial charge is 0.253 e. The van der Waals surface area contributed by atoms with Gasteiger partial charge in [0.25, 0.3) is 1.68 Å². The van der Waals surface area contributed by atoms with Crippen LogP contribution in [0.15, 0.2) is 38.1 Å². The lowest BCUT2D eigenvalue weighted by atomic mass is 10.4. The first-order chi connectivity index (χ1) is 10.8. The topological polar surface area (TPSA) is 79.2 Å². The molecule has 0 aromatic carbocycles. The minimum atomic E-state index is -1.70. The molecule has 0 fully saturated rings. The van der Waals surface area contributed by atoms with Gasteiger partial charge in [-0.3, -0.25) is 9.98 Å². The molecule has 2 aromatic rings. The molecule has 2 rings (SSSR count). The Kier molecular flexibility index (Phi) is 6.48. The van der Waals surface area contributed by atoms with E-state index in [4.69, 9.17) is 0 Å². The van der Waals surface area contributed by atoms with E-state index in [1.807, 2.05) is 13.8 Å². The first-order valence-electron chi connectivity index (χ1n) is 6.46. The number of halogens is 3. The van der Waals surface area contributed by atoms with E-state index in [0.717, 1.165) is 0 Å². The van der Waals surface area contributed by atoms with Gasteiger partial charge in [-0.05, 0) is 65.7 Å². The summed E-state index contributed by atoms with van der Waals surface area (Å²) in [6.45, 7) is 7.35. The number of aromatic nitrogens is 4. The van der Waals surface area contributed by atoms with Crippen LogP contribution < -0.4 is 0 Å². The molecule has 10 heteroatoms. The number of nitrogens with one attached hydrogen (secondary N) is 1.